The van der Waals surface area contributed by atoms with Crippen molar-refractivity contribution >= 4 is 34.2 Å². The number of imidazole rings is 1. The molecule has 104 valence electrons. The van der Waals surface area contributed by atoms with E-state index in [1.807, 2.05) is 18.2 Å². The number of unbranched alkanes of at least 4 members (excludes halogenated alkanes) is 3. The third kappa shape index (κ3) is 3.64. The number of benzene rings is 1. The fourth-order valence-electron chi connectivity index (χ4n) is 2.37. The number of hydrogen-bond acceptors (Lipinski definition) is 1. The Morgan fingerprint density at radius 1 is 1.21 bits per heavy atom. The van der Waals surface area contributed by atoms with Crippen LogP contribution in [0.5, 0.6) is 0 Å². The number of halogens is 2. The molecule has 0 atom stereocenters. The topological polar surface area (TPSA) is 17.8 Å². The van der Waals surface area contributed by atoms with Crippen molar-refractivity contribution in [1.82, 2.24) is 9.55 Å². The van der Waals surface area contributed by atoms with Crippen LogP contribution in [0.2, 0.25) is 5.02 Å². The smallest absolute Gasteiger partial charge is 0.111 e. The first-order chi connectivity index (χ1) is 9.26. The van der Waals surface area contributed by atoms with Crippen LogP contribution < -0.4 is 0 Å². The van der Waals surface area contributed by atoms with E-state index >= 15 is 0 Å². The van der Waals surface area contributed by atoms with Crippen LogP contribution >= 0.6 is 23.2 Å². The lowest BCUT2D eigenvalue weighted by Gasteiger charge is -2.08. The average molecular weight is 299 g/mol. The van der Waals surface area contributed by atoms with Gasteiger partial charge in [0.2, 0.25) is 0 Å². The van der Waals surface area contributed by atoms with E-state index < -0.39 is 0 Å². The summed E-state index contributed by atoms with van der Waals surface area (Å²) in [5.41, 5.74) is 2.14. The minimum Gasteiger partial charge on any atom is -0.328 e. The zero-order valence-electron chi connectivity index (χ0n) is 11.3. The summed E-state index contributed by atoms with van der Waals surface area (Å²) in [5, 5.41) is 0.764. The monoisotopic (exact) mass is 298 g/mol. The van der Waals surface area contributed by atoms with Crippen LogP contribution in [0.15, 0.2) is 18.2 Å². The first-order valence-corrected chi connectivity index (χ1v) is 7.88. The molecule has 0 saturated heterocycles. The Labute approximate surface area is 124 Å². The number of fused-ring (bicyclic) bond motifs is 1. The van der Waals surface area contributed by atoms with Gasteiger partial charge in [-0.05, 0) is 24.6 Å². The van der Waals surface area contributed by atoms with E-state index in [-0.39, 0.29) is 0 Å². The first-order valence-electron chi connectivity index (χ1n) is 6.97. The Hall–Kier alpha value is -0.730. The van der Waals surface area contributed by atoms with Crippen LogP contribution in [0.25, 0.3) is 11.0 Å². The van der Waals surface area contributed by atoms with Gasteiger partial charge in [0.1, 0.15) is 5.82 Å². The van der Waals surface area contributed by atoms with Crippen LogP contribution in [0.3, 0.4) is 0 Å². The molecule has 1 heterocycles. The highest BCUT2D eigenvalue weighted by Crippen LogP contribution is 2.22. The van der Waals surface area contributed by atoms with Crippen LogP contribution in [0.4, 0.5) is 0 Å². The van der Waals surface area contributed by atoms with Gasteiger partial charge < -0.3 is 4.57 Å². The third-order valence-corrected chi connectivity index (χ3v) is 3.77. The highest BCUT2D eigenvalue weighted by molar-refractivity contribution is 6.31. The van der Waals surface area contributed by atoms with Crippen LogP contribution in [0.1, 0.15) is 38.4 Å². The van der Waals surface area contributed by atoms with E-state index in [0.29, 0.717) is 5.88 Å². The van der Waals surface area contributed by atoms with Crippen molar-refractivity contribution in [3.8, 4) is 0 Å². The van der Waals surface area contributed by atoms with E-state index in [9.17, 15) is 0 Å². The van der Waals surface area contributed by atoms with Crippen molar-refractivity contribution in [2.75, 3.05) is 5.88 Å². The first kappa shape index (κ1) is 14.7. The molecule has 0 radical (unpaired) electrons. The van der Waals surface area contributed by atoms with E-state index in [4.69, 9.17) is 23.2 Å². The highest BCUT2D eigenvalue weighted by atomic mass is 35.5. The summed E-state index contributed by atoms with van der Waals surface area (Å²) >= 11 is 12.0. The minimum absolute atomic E-state index is 0.603. The number of rotatable bonds is 7. The molecule has 1 aromatic heterocycles. The number of aromatic nitrogens is 2. The van der Waals surface area contributed by atoms with E-state index in [1.165, 1.54) is 25.7 Å². The van der Waals surface area contributed by atoms with Gasteiger partial charge in [0.25, 0.3) is 0 Å². The van der Waals surface area contributed by atoms with Crippen molar-refractivity contribution in [2.45, 2.75) is 45.6 Å². The van der Waals surface area contributed by atoms with Gasteiger partial charge in [0.15, 0.2) is 0 Å². The molecule has 1 aromatic carbocycles. The fraction of sp³-hybridized carbons (Fsp3) is 0.533. The fourth-order valence-corrected chi connectivity index (χ4v) is 2.70. The summed E-state index contributed by atoms with van der Waals surface area (Å²) in [6, 6.07) is 5.88. The molecule has 0 saturated carbocycles. The quantitative estimate of drug-likeness (QED) is 0.516. The van der Waals surface area contributed by atoms with Gasteiger partial charge in [0, 0.05) is 23.9 Å². The molecule has 0 aliphatic rings. The van der Waals surface area contributed by atoms with E-state index in [1.54, 1.807) is 0 Å². The summed E-state index contributed by atoms with van der Waals surface area (Å²) in [5.74, 6) is 1.68. The largest absolute Gasteiger partial charge is 0.328 e. The number of nitrogens with zero attached hydrogens (tertiary/aromatic N) is 2. The zero-order chi connectivity index (χ0) is 13.7. The Bertz CT molecular complexity index is 534. The molecule has 0 amide bonds. The van der Waals surface area contributed by atoms with Crippen molar-refractivity contribution in [1.29, 1.82) is 0 Å². The molecular weight excluding hydrogens is 279 g/mol. The molecule has 0 aliphatic heterocycles. The van der Waals surface area contributed by atoms with Crippen molar-refractivity contribution < 1.29 is 0 Å². The lowest BCUT2D eigenvalue weighted by molar-refractivity contribution is 0.576. The number of hydrogen-bond donors (Lipinski definition) is 0. The second-order valence-corrected chi connectivity index (χ2v) is 5.63. The Morgan fingerprint density at radius 2 is 2.05 bits per heavy atom. The molecule has 2 nitrogen and oxygen atoms in total. The Kier molecular flexibility index (Phi) is 5.53. The van der Waals surface area contributed by atoms with Crippen LogP contribution in [0, 0.1) is 0 Å². The molecule has 0 spiro atoms. The van der Waals surface area contributed by atoms with Crippen LogP contribution in [-0.4, -0.2) is 15.4 Å². The second-order valence-electron chi connectivity index (χ2n) is 4.81. The second kappa shape index (κ2) is 7.16. The maximum atomic E-state index is 6.09. The molecule has 0 N–H and O–H groups in total. The van der Waals surface area contributed by atoms with Gasteiger partial charge >= 0.3 is 0 Å². The Morgan fingerprint density at radius 3 is 2.79 bits per heavy atom. The lowest BCUT2D eigenvalue weighted by atomic mass is 10.2. The standard InChI is InChI=1S/C15H20Cl2N2/c1-2-3-4-5-10-19-14-11-12(17)6-7-13(14)18-15(19)8-9-16/h6-7,11H,2-5,8-10H2,1H3. The third-order valence-electron chi connectivity index (χ3n) is 3.34. The summed E-state index contributed by atoms with van der Waals surface area (Å²) < 4.78 is 2.28. The molecule has 2 rings (SSSR count). The van der Waals surface area contributed by atoms with Crippen LogP contribution in [-0.2, 0) is 13.0 Å². The molecule has 19 heavy (non-hydrogen) atoms. The van der Waals surface area contributed by atoms with Crippen molar-refractivity contribution in [3.63, 3.8) is 0 Å². The predicted molar refractivity (Wildman–Crippen MR) is 83.3 cm³/mol. The average Bonchev–Trinajstić information content (AvgIpc) is 2.73. The van der Waals surface area contributed by atoms with Gasteiger partial charge in [-0.1, -0.05) is 37.8 Å². The Balaban J connectivity index is 2.25. The molecule has 2 aromatic rings. The number of aryl methyl sites for hydroxylation is 2. The van der Waals surface area contributed by atoms with Crippen molar-refractivity contribution in [2.24, 2.45) is 0 Å². The normalized spacial score (nSPS) is 11.3. The SMILES string of the molecule is CCCCCCn1c(CCCl)nc2ccc(Cl)cc21. The molecule has 4 heteroatoms. The minimum atomic E-state index is 0.603. The molecule has 0 fully saturated rings. The molecule has 0 bridgehead atoms. The van der Waals surface area contributed by atoms with Gasteiger partial charge in [-0.3, -0.25) is 0 Å². The van der Waals surface area contributed by atoms with Gasteiger partial charge in [-0.15, -0.1) is 11.6 Å². The molecule has 0 unspecified atom stereocenters. The van der Waals surface area contributed by atoms with Gasteiger partial charge in [-0.25, -0.2) is 4.98 Å². The molecule has 0 aliphatic carbocycles. The zero-order valence-corrected chi connectivity index (χ0v) is 12.8. The van der Waals surface area contributed by atoms with E-state index in [2.05, 4.69) is 16.5 Å². The lowest BCUT2D eigenvalue weighted by Crippen LogP contribution is -2.05. The molecular formula is C15H20Cl2N2. The van der Waals surface area contributed by atoms with Gasteiger partial charge in [0.05, 0.1) is 11.0 Å². The van der Waals surface area contributed by atoms with Gasteiger partial charge in [-0.2, -0.15) is 0 Å². The predicted octanol–water partition coefficient (Wildman–Crippen LogP) is 5.05. The van der Waals surface area contributed by atoms with Crippen molar-refractivity contribution in [3.05, 3.63) is 29.0 Å². The maximum Gasteiger partial charge on any atom is 0.111 e. The maximum absolute atomic E-state index is 6.09. The van der Waals surface area contributed by atoms with E-state index in [0.717, 1.165) is 34.8 Å². The summed E-state index contributed by atoms with van der Waals surface area (Å²) in [6.07, 6.45) is 5.79. The number of alkyl halides is 1. The highest BCUT2D eigenvalue weighted by Gasteiger charge is 2.10. The summed E-state index contributed by atoms with van der Waals surface area (Å²) in [4.78, 5) is 4.66. The summed E-state index contributed by atoms with van der Waals surface area (Å²) in [7, 11) is 0. The summed E-state index contributed by atoms with van der Waals surface area (Å²) in [6.45, 7) is 3.23.